The molecule has 2 aliphatic rings. The highest BCUT2D eigenvalue weighted by Gasteiger charge is 2.22. The van der Waals surface area contributed by atoms with Gasteiger partial charge in [-0.2, -0.15) is 0 Å². The molecule has 1 aliphatic carbocycles. The highest BCUT2D eigenvalue weighted by molar-refractivity contribution is 5.36. The molecule has 0 radical (unpaired) electrons. The molecule has 1 heterocycles. The van der Waals surface area contributed by atoms with Crippen LogP contribution in [-0.2, 0) is 0 Å². The van der Waals surface area contributed by atoms with Gasteiger partial charge in [0.05, 0.1) is 0 Å². The molecule has 1 saturated heterocycles. The predicted molar refractivity (Wildman–Crippen MR) is 106 cm³/mol. The molecule has 1 N–H and O–H groups in total. The molecule has 130 valence electrons. The maximum atomic E-state index is 3.56. The molecule has 24 heavy (non-hydrogen) atoms. The molecule has 1 unspecified atom stereocenters. The molecule has 0 saturated carbocycles. The summed E-state index contributed by atoms with van der Waals surface area (Å²) in [7, 11) is 0. The summed E-state index contributed by atoms with van der Waals surface area (Å²) in [6, 6.07) is 11.1. The number of hydrogen-bond acceptors (Lipinski definition) is 1. The molecule has 1 nitrogen and oxygen atoms in total. The summed E-state index contributed by atoms with van der Waals surface area (Å²) in [6.45, 7) is 9.89. The highest BCUT2D eigenvalue weighted by Crippen LogP contribution is 2.35. The van der Waals surface area contributed by atoms with Gasteiger partial charge < -0.3 is 5.32 Å². The van der Waals surface area contributed by atoms with Gasteiger partial charge in [0, 0.05) is 5.92 Å². The topological polar surface area (TPSA) is 12.0 Å². The van der Waals surface area contributed by atoms with Gasteiger partial charge in [0.15, 0.2) is 0 Å². The average Bonchev–Trinajstić information content (AvgIpc) is 2.62. The Labute approximate surface area is 148 Å². The molecule has 1 aromatic rings. The Morgan fingerprint density at radius 1 is 1.12 bits per heavy atom. The van der Waals surface area contributed by atoms with Crippen molar-refractivity contribution < 1.29 is 0 Å². The fourth-order valence-electron chi connectivity index (χ4n) is 3.49. The number of benzene rings is 1. The molecule has 0 aromatic heterocycles. The van der Waals surface area contributed by atoms with Crippen LogP contribution in [0.25, 0.3) is 0 Å². The van der Waals surface area contributed by atoms with E-state index in [1.807, 2.05) is 13.8 Å². The van der Waals surface area contributed by atoms with Crippen LogP contribution in [0.1, 0.15) is 57.4 Å². The van der Waals surface area contributed by atoms with Gasteiger partial charge in [0.2, 0.25) is 0 Å². The van der Waals surface area contributed by atoms with Crippen molar-refractivity contribution in [3.05, 3.63) is 71.8 Å². The predicted octanol–water partition coefficient (Wildman–Crippen LogP) is 6.02. The second-order valence-corrected chi connectivity index (χ2v) is 7.28. The van der Waals surface area contributed by atoms with E-state index in [9.17, 15) is 0 Å². The van der Waals surface area contributed by atoms with Gasteiger partial charge in [0.25, 0.3) is 0 Å². The van der Waals surface area contributed by atoms with Crippen molar-refractivity contribution in [3.63, 3.8) is 0 Å². The molecule has 0 bridgehead atoms. The Hall–Kier alpha value is -1.60. The van der Waals surface area contributed by atoms with Crippen LogP contribution < -0.4 is 5.32 Å². The lowest BCUT2D eigenvalue weighted by Crippen LogP contribution is -2.28. The number of piperidine rings is 1. The van der Waals surface area contributed by atoms with Crippen molar-refractivity contribution in [2.45, 2.75) is 51.9 Å². The van der Waals surface area contributed by atoms with Crippen molar-refractivity contribution in [1.29, 1.82) is 0 Å². The monoisotopic (exact) mass is 323 g/mol. The second-order valence-electron chi connectivity index (χ2n) is 7.28. The van der Waals surface area contributed by atoms with E-state index < -0.39 is 0 Å². The number of rotatable bonds is 4. The van der Waals surface area contributed by atoms with Crippen LogP contribution in [0.15, 0.2) is 66.3 Å². The van der Waals surface area contributed by atoms with Crippen LogP contribution in [0.4, 0.5) is 0 Å². The molecule has 1 aliphatic heterocycles. The van der Waals surface area contributed by atoms with Crippen LogP contribution in [0, 0.1) is 5.92 Å². The maximum absolute atomic E-state index is 3.56. The first-order valence-electron chi connectivity index (χ1n) is 9.41. The largest absolute Gasteiger partial charge is 0.317 e. The molecule has 1 atom stereocenters. The lowest BCUT2D eigenvalue weighted by Gasteiger charge is -2.29. The Balaban J connectivity index is 0.000000471. The third-order valence-electron chi connectivity index (χ3n) is 4.66. The zero-order chi connectivity index (χ0) is 17.2. The SMILES string of the molecule is C1=CC(C(CC2CCNCC2)c2ccccc2)=CCC1.C=C(C)C. The van der Waals surface area contributed by atoms with Crippen molar-refractivity contribution in [2.75, 3.05) is 13.1 Å². The van der Waals surface area contributed by atoms with Crippen LogP contribution in [0.3, 0.4) is 0 Å². The highest BCUT2D eigenvalue weighted by atomic mass is 14.9. The fourth-order valence-corrected chi connectivity index (χ4v) is 3.49. The minimum absolute atomic E-state index is 0.593. The van der Waals surface area contributed by atoms with Gasteiger partial charge in [-0.15, -0.1) is 6.58 Å². The van der Waals surface area contributed by atoms with Crippen molar-refractivity contribution in [3.8, 4) is 0 Å². The Morgan fingerprint density at radius 2 is 1.79 bits per heavy atom. The summed E-state index contributed by atoms with van der Waals surface area (Å²) >= 11 is 0. The first kappa shape index (κ1) is 18.7. The van der Waals surface area contributed by atoms with Crippen molar-refractivity contribution >= 4 is 0 Å². The molecule has 0 spiro atoms. The molecular weight excluding hydrogens is 290 g/mol. The lowest BCUT2D eigenvalue weighted by molar-refractivity contribution is 0.341. The van der Waals surface area contributed by atoms with E-state index in [2.05, 4.69) is 60.5 Å². The minimum Gasteiger partial charge on any atom is -0.317 e. The summed E-state index contributed by atoms with van der Waals surface area (Å²) in [5.74, 6) is 1.47. The van der Waals surface area contributed by atoms with E-state index >= 15 is 0 Å². The summed E-state index contributed by atoms with van der Waals surface area (Å²) in [4.78, 5) is 0. The molecule has 3 rings (SSSR count). The van der Waals surface area contributed by atoms with Gasteiger partial charge in [-0.3, -0.25) is 0 Å². The Bertz CT molecular complexity index is 543. The van der Waals surface area contributed by atoms with Gasteiger partial charge >= 0.3 is 0 Å². The Kier molecular flexibility index (Phi) is 8.04. The lowest BCUT2D eigenvalue weighted by atomic mass is 9.79. The molecule has 1 heteroatoms. The van der Waals surface area contributed by atoms with Crippen LogP contribution in [0.2, 0.25) is 0 Å². The number of nitrogens with one attached hydrogen (secondary N) is 1. The quantitative estimate of drug-likeness (QED) is 0.668. The first-order chi connectivity index (χ1) is 11.7. The van der Waals surface area contributed by atoms with E-state index in [1.54, 1.807) is 5.57 Å². The fraction of sp³-hybridized carbons (Fsp3) is 0.478. The summed E-state index contributed by atoms with van der Waals surface area (Å²) in [5, 5.41) is 3.48. The zero-order valence-electron chi connectivity index (χ0n) is 15.4. The van der Waals surface area contributed by atoms with E-state index in [1.165, 1.54) is 56.3 Å². The smallest absolute Gasteiger partial charge is 0.00887 e. The van der Waals surface area contributed by atoms with E-state index in [0.29, 0.717) is 5.92 Å². The maximum Gasteiger partial charge on any atom is 0.00887 e. The number of allylic oxidation sites excluding steroid dienone is 5. The Morgan fingerprint density at radius 3 is 2.38 bits per heavy atom. The summed E-state index contributed by atoms with van der Waals surface area (Å²) < 4.78 is 0. The van der Waals surface area contributed by atoms with Gasteiger partial charge in [-0.25, -0.2) is 0 Å². The van der Waals surface area contributed by atoms with Crippen molar-refractivity contribution in [2.24, 2.45) is 5.92 Å². The van der Waals surface area contributed by atoms with E-state index in [4.69, 9.17) is 0 Å². The third-order valence-corrected chi connectivity index (χ3v) is 4.66. The zero-order valence-corrected chi connectivity index (χ0v) is 15.4. The summed E-state index contributed by atoms with van der Waals surface area (Å²) in [5.41, 5.74) is 4.20. The van der Waals surface area contributed by atoms with Gasteiger partial charge in [-0.1, -0.05) is 54.1 Å². The molecule has 1 aromatic carbocycles. The van der Waals surface area contributed by atoms with Crippen LogP contribution in [0.5, 0.6) is 0 Å². The van der Waals surface area contributed by atoms with Crippen LogP contribution >= 0.6 is 0 Å². The molecule has 1 fully saturated rings. The third kappa shape index (κ3) is 6.49. The standard InChI is InChI=1S/C19H25N.C4H8/c1-3-7-17(8-4-1)19(18-9-5-2-6-10-18)15-16-11-13-20-14-12-16;1-4(2)3/h1,3-5,7-10,16,19-20H,2,6,11-15H2;1H2,2-3H3. The van der Waals surface area contributed by atoms with E-state index in [-0.39, 0.29) is 0 Å². The van der Waals surface area contributed by atoms with E-state index in [0.717, 1.165) is 5.92 Å². The number of hydrogen-bond donors (Lipinski definition) is 1. The van der Waals surface area contributed by atoms with Crippen molar-refractivity contribution in [1.82, 2.24) is 5.32 Å². The first-order valence-corrected chi connectivity index (χ1v) is 9.41. The minimum atomic E-state index is 0.593. The normalized spacial score (nSPS) is 19.0. The summed E-state index contributed by atoms with van der Waals surface area (Å²) in [6.07, 6.45) is 13.6. The molecular formula is C23H33N. The average molecular weight is 324 g/mol. The molecule has 0 amide bonds. The van der Waals surface area contributed by atoms with Gasteiger partial charge in [0.1, 0.15) is 0 Å². The van der Waals surface area contributed by atoms with Crippen LogP contribution in [-0.4, -0.2) is 13.1 Å². The second kappa shape index (κ2) is 10.3. The van der Waals surface area contributed by atoms with Gasteiger partial charge in [-0.05, 0) is 76.1 Å².